The minimum absolute atomic E-state index is 1.26. The number of hydrogen-bond donors (Lipinski definition) is 0. The van der Waals surface area contributed by atoms with E-state index in [9.17, 15) is 0 Å². The Morgan fingerprint density at radius 2 is 0.500 bits per heavy atom. The Labute approximate surface area is 326 Å². The third-order valence-electron chi connectivity index (χ3n) is 14.4. The fraction of sp³-hybridized carbons (Fsp3) is 0. The standard InChI is InChI=1S/C54H26N4/c1-5-19-39-27(11-1)31-15-9-17-33-47-45(57(39)51(31)33)23-35-29-13-3-7-21-41(29)55-43-26-38-44(25-37(43)49(47)53(35)55)56-42-22-8-4-14-30(42)36-24-46-48(50(38)54(36)56)34-18-10-16-32-28-12-2-6-20-40(28)58(46)52(32)34/h1-26H. The van der Waals surface area contributed by atoms with Gasteiger partial charge < -0.3 is 17.6 Å². The monoisotopic (exact) mass is 730 g/mol. The third kappa shape index (κ3) is 2.68. The average Bonchev–Trinajstić information content (AvgIpc) is 4.15. The molecule has 0 saturated carbocycles. The molecule has 0 bridgehead atoms. The Morgan fingerprint density at radius 1 is 0.190 bits per heavy atom. The van der Waals surface area contributed by atoms with Crippen LogP contribution >= 0.6 is 0 Å². The molecule has 8 heterocycles. The summed E-state index contributed by atoms with van der Waals surface area (Å²) < 4.78 is 10.3. The average molecular weight is 731 g/mol. The molecular weight excluding hydrogens is 705 g/mol. The van der Waals surface area contributed by atoms with E-state index in [-0.39, 0.29) is 0 Å². The Morgan fingerprint density at radius 3 is 0.914 bits per heavy atom. The van der Waals surface area contributed by atoms with Crippen molar-refractivity contribution in [1.82, 2.24) is 17.6 Å². The Kier molecular flexibility index (Phi) is 4.18. The first kappa shape index (κ1) is 27.7. The molecule has 0 N–H and O–H groups in total. The lowest BCUT2D eigenvalue weighted by atomic mass is 9.98. The van der Waals surface area contributed by atoms with Crippen molar-refractivity contribution < 1.29 is 0 Å². The van der Waals surface area contributed by atoms with Gasteiger partial charge in [0.15, 0.2) is 0 Å². The fourth-order valence-corrected chi connectivity index (χ4v) is 12.4. The highest BCUT2D eigenvalue weighted by Crippen LogP contribution is 2.52. The van der Waals surface area contributed by atoms with E-state index in [2.05, 4.69) is 175 Å². The van der Waals surface area contributed by atoms with Gasteiger partial charge in [0.25, 0.3) is 0 Å². The number of rotatable bonds is 0. The van der Waals surface area contributed by atoms with Crippen LogP contribution in [0.5, 0.6) is 0 Å². The van der Waals surface area contributed by atoms with Gasteiger partial charge in [-0.2, -0.15) is 0 Å². The molecule has 262 valence electrons. The predicted molar refractivity (Wildman–Crippen MR) is 245 cm³/mol. The van der Waals surface area contributed by atoms with Crippen molar-refractivity contribution in [3.63, 3.8) is 0 Å². The van der Waals surface area contributed by atoms with Gasteiger partial charge in [0.1, 0.15) is 0 Å². The first-order valence-electron chi connectivity index (χ1n) is 20.3. The number of para-hydroxylation sites is 6. The second-order valence-electron chi connectivity index (χ2n) is 16.8. The molecule has 0 fully saturated rings. The van der Waals surface area contributed by atoms with E-state index in [0.717, 1.165) is 0 Å². The quantitative estimate of drug-likeness (QED) is 0.148. The first-order valence-corrected chi connectivity index (χ1v) is 20.3. The van der Waals surface area contributed by atoms with Crippen LogP contribution in [0.3, 0.4) is 0 Å². The zero-order chi connectivity index (χ0) is 36.9. The van der Waals surface area contributed by atoms with Crippen LogP contribution in [0.2, 0.25) is 0 Å². The molecule has 0 amide bonds. The summed E-state index contributed by atoms with van der Waals surface area (Å²) in [6.45, 7) is 0. The van der Waals surface area contributed by atoms with Crippen molar-refractivity contribution in [2.75, 3.05) is 0 Å². The van der Waals surface area contributed by atoms with E-state index in [1.807, 2.05) is 0 Å². The van der Waals surface area contributed by atoms with E-state index in [4.69, 9.17) is 0 Å². The zero-order valence-electron chi connectivity index (χ0n) is 30.8. The molecule has 0 atom stereocenters. The summed E-state index contributed by atoms with van der Waals surface area (Å²) in [6.07, 6.45) is 0. The van der Waals surface area contributed by atoms with Crippen LogP contribution in [0.1, 0.15) is 0 Å². The van der Waals surface area contributed by atoms with Gasteiger partial charge in [0.05, 0.1) is 66.2 Å². The summed E-state index contributed by atoms with van der Waals surface area (Å²) in [4.78, 5) is 0. The zero-order valence-corrected chi connectivity index (χ0v) is 30.8. The van der Waals surface area contributed by atoms with Crippen LogP contribution in [0.4, 0.5) is 0 Å². The highest BCUT2D eigenvalue weighted by Gasteiger charge is 2.29. The number of aromatic nitrogens is 4. The van der Waals surface area contributed by atoms with E-state index in [1.165, 1.54) is 152 Å². The maximum absolute atomic E-state index is 2.59. The van der Waals surface area contributed by atoms with Crippen LogP contribution in [-0.4, -0.2) is 17.6 Å². The second-order valence-corrected chi connectivity index (χ2v) is 16.8. The van der Waals surface area contributed by atoms with Gasteiger partial charge in [-0.15, -0.1) is 0 Å². The van der Waals surface area contributed by atoms with Crippen molar-refractivity contribution in [1.29, 1.82) is 0 Å². The van der Waals surface area contributed by atoms with Crippen LogP contribution in [-0.2, 0) is 0 Å². The second kappa shape index (κ2) is 8.76. The molecule has 17 rings (SSSR count). The van der Waals surface area contributed by atoms with Gasteiger partial charge in [-0.05, 0) is 48.5 Å². The molecule has 17 aromatic rings. The maximum atomic E-state index is 2.59. The summed E-state index contributed by atoms with van der Waals surface area (Å²) in [5.74, 6) is 0. The number of hydrogen-bond acceptors (Lipinski definition) is 0. The molecule has 4 heteroatoms. The first-order chi connectivity index (χ1) is 28.8. The smallest absolute Gasteiger partial charge is 0.0628 e. The normalized spacial score (nSPS) is 13.5. The summed E-state index contributed by atoms with van der Waals surface area (Å²) in [7, 11) is 0. The molecule has 0 aliphatic rings. The van der Waals surface area contributed by atoms with Crippen molar-refractivity contribution >= 4 is 152 Å². The molecular formula is C54H26N4. The van der Waals surface area contributed by atoms with Gasteiger partial charge in [0, 0.05) is 86.2 Å². The van der Waals surface area contributed by atoms with E-state index in [1.54, 1.807) is 0 Å². The molecule has 4 nitrogen and oxygen atoms in total. The van der Waals surface area contributed by atoms with Crippen LogP contribution < -0.4 is 0 Å². The molecule has 0 aliphatic carbocycles. The molecule has 0 unspecified atom stereocenters. The van der Waals surface area contributed by atoms with E-state index < -0.39 is 0 Å². The third-order valence-corrected chi connectivity index (χ3v) is 14.4. The summed E-state index contributed by atoms with van der Waals surface area (Å²) in [5.41, 5.74) is 15.4. The maximum Gasteiger partial charge on any atom is 0.0628 e. The lowest BCUT2D eigenvalue weighted by Crippen LogP contribution is -1.83. The largest absolute Gasteiger partial charge is 0.308 e. The highest BCUT2D eigenvalue weighted by atomic mass is 15.0. The van der Waals surface area contributed by atoms with Crippen molar-refractivity contribution in [2.24, 2.45) is 0 Å². The fourth-order valence-electron chi connectivity index (χ4n) is 12.4. The van der Waals surface area contributed by atoms with E-state index >= 15 is 0 Å². The van der Waals surface area contributed by atoms with Gasteiger partial charge in [-0.25, -0.2) is 0 Å². The molecule has 0 saturated heterocycles. The van der Waals surface area contributed by atoms with Crippen molar-refractivity contribution in [2.45, 2.75) is 0 Å². The minimum atomic E-state index is 1.26. The van der Waals surface area contributed by atoms with Crippen LogP contribution in [0.15, 0.2) is 158 Å². The lowest BCUT2D eigenvalue weighted by molar-refractivity contribution is 1.36. The van der Waals surface area contributed by atoms with Crippen LogP contribution in [0, 0.1) is 0 Å². The molecule has 9 aromatic carbocycles. The molecule has 8 aromatic heterocycles. The predicted octanol–water partition coefficient (Wildman–Crippen LogP) is 14.3. The lowest BCUT2D eigenvalue weighted by Gasteiger charge is -2.04. The highest BCUT2D eigenvalue weighted by molar-refractivity contribution is 6.42. The molecule has 0 radical (unpaired) electrons. The molecule has 0 aliphatic heterocycles. The number of fused-ring (bicyclic) bond motifs is 26. The van der Waals surface area contributed by atoms with Crippen molar-refractivity contribution in [3.8, 4) is 0 Å². The topological polar surface area (TPSA) is 17.6 Å². The number of nitrogens with zero attached hydrogens (tertiary/aromatic N) is 4. The van der Waals surface area contributed by atoms with Crippen LogP contribution in [0.25, 0.3) is 152 Å². The Balaban J connectivity index is 1.18. The summed E-state index contributed by atoms with van der Waals surface area (Å²) in [5, 5.41) is 21.1. The Bertz CT molecular complexity index is 4420. The number of benzene rings is 9. The van der Waals surface area contributed by atoms with E-state index in [0.29, 0.717) is 0 Å². The Hall–Kier alpha value is -7.82. The van der Waals surface area contributed by atoms with Gasteiger partial charge >= 0.3 is 0 Å². The van der Waals surface area contributed by atoms with Crippen molar-refractivity contribution in [3.05, 3.63) is 158 Å². The van der Waals surface area contributed by atoms with Gasteiger partial charge in [-0.3, -0.25) is 0 Å². The minimum Gasteiger partial charge on any atom is -0.308 e. The summed E-state index contributed by atoms with van der Waals surface area (Å²) >= 11 is 0. The summed E-state index contributed by atoms with van der Waals surface area (Å²) in [6, 6.07) is 59.8. The molecule has 58 heavy (non-hydrogen) atoms. The van der Waals surface area contributed by atoms with Gasteiger partial charge in [-0.1, -0.05) is 109 Å². The van der Waals surface area contributed by atoms with Gasteiger partial charge in [0.2, 0.25) is 0 Å². The molecule has 0 spiro atoms. The SMILES string of the molecule is c1ccc2c(c1)c1cccc3c4c5c6cc7c(cc6n6c8ccccc8c(cc4n2c13)c56)c1c2c3cccc4c5ccccc5n(c2cc2c5ccccc5n7c21)c43.